The molecule has 0 saturated heterocycles. The number of nitrogens with one attached hydrogen (secondary N) is 1. The monoisotopic (exact) mass is 513 g/mol. The first-order valence-electron chi connectivity index (χ1n) is 10.7. The van der Waals surface area contributed by atoms with Crippen LogP contribution in [0.15, 0.2) is 23.3 Å². The van der Waals surface area contributed by atoms with Crippen molar-refractivity contribution in [2.24, 2.45) is 10.8 Å². The van der Waals surface area contributed by atoms with E-state index in [1.807, 2.05) is 0 Å². The van der Waals surface area contributed by atoms with Crippen molar-refractivity contribution in [1.29, 1.82) is 0 Å². The van der Waals surface area contributed by atoms with Crippen molar-refractivity contribution < 1.29 is 32.7 Å². The number of nitrogen functional groups attached to an aromatic ring is 1. The van der Waals surface area contributed by atoms with Gasteiger partial charge in [0.15, 0.2) is 11.2 Å². The Morgan fingerprint density at radius 2 is 1.60 bits per heavy atom. The quantitative estimate of drug-likeness (QED) is 0.206. The number of aromatic nitrogens is 4. The number of carbonyl (C=O) groups excluding carboxylic acids is 2. The molecular formula is C21H32N5O8P. The van der Waals surface area contributed by atoms with E-state index in [1.54, 1.807) is 52.2 Å². The Morgan fingerprint density at radius 3 is 2.11 bits per heavy atom. The molecule has 2 rings (SSSR count). The number of carbonyl (C=O) groups is 2. The molecule has 194 valence electrons. The van der Waals surface area contributed by atoms with E-state index in [-0.39, 0.29) is 29.8 Å². The molecular weight excluding hydrogens is 481 g/mol. The lowest BCUT2D eigenvalue weighted by Crippen LogP contribution is -2.25. The molecule has 0 amide bonds. The van der Waals surface area contributed by atoms with Crippen LogP contribution < -0.4 is 11.3 Å². The Hall–Kier alpha value is -3.02. The van der Waals surface area contributed by atoms with Crippen molar-refractivity contribution in [3.05, 3.63) is 28.8 Å². The van der Waals surface area contributed by atoms with E-state index >= 15 is 0 Å². The normalized spacial score (nSPS) is 12.9. The van der Waals surface area contributed by atoms with Crippen molar-refractivity contribution in [1.82, 2.24) is 19.5 Å². The van der Waals surface area contributed by atoms with Gasteiger partial charge in [-0.05, 0) is 41.5 Å². The first kappa shape index (κ1) is 28.2. The van der Waals surface area contributed by atoms with Crippen molar-refractivity contribution in [2.45, 2.75) is 48.1 Å². The highest BCUT2D eigenvalue weighted by atomic mass is 31.2. The second-order valence-electron chi connectivity index (χ2n) is 9.64. The number of esters is 2. The zero-order valence-corrected chi connectivity index (χ0v) is 21.6. The summed E-state index contributed by atoms with van der Waals surface area (Å²) in [5.41, 5.74) is 3.99. The Balaban J connectivity index is 2.05. The summed E-state index contributed by atoms with van der Waals surface area (Å²) in [7, 11) is -3.86. The molecule has 0 unspecified atom stereocenters. The molecule has 0 saturated carbocycles. The first-order valence-corrected chi connectivity index (χ1v) is 12.4. The van der Waals surface area contributed by atoms with Crippen LogP contribution >= 0.6 is 7.60 Å². The van der Waals surface area contributed by atoms with Gasteiger partial charge in [0.25, 0.3) is 5.56 Å². The summed E-state index contributed by atoms with van der Waals surface area (Å²) in [6, 6.07) is 0. The average Bonchev–Trinajstić information content (AvgIpc) is 3.13. The number of imidazole rings is 1. The molecule has 0 aliphatic rings. The van der Waals surface area contributed by atoms with E-state index in [9.17, 15) is 18.9 Å². The van der Waals surface area contributed by atoms with E-state index < -0.39 is 49.5 Å². The fourth-order valence-corrected chi connectivity index (χ4v) is 3.51. The average molecular weight is 513 g/mol. The third-order valence-electron chi connectivity index (χ3n) is 4.39. The van der Waals surface area contributed by atoms with Crippen molar-refractivity contribution in [2.75, 3.05) is 25.5 Å². The van der Waals surface area contributed by atoms with Crippen LogP contribution in [0.3, 0.4) is 0 Å². The van der Waals surface area contributed by atoms with Gasteiger partial charge >= 0.3 is 19.5 Å². The van der Waals surface area contributed by atoms with Gasteiger partial charge in [0, 0.05) is 6.54 Å². The Morgan fingerprint density at radius 1 is 1.06 bits per heavy atom. The maximum atomic E-state index is 13.2. The number of allylic oxidation sites excluding steroid dienone is 2. The number of nitrogens with zero attached hydrogens (tertiary/aromatic N) is 3. The molecule has 0 bridgehead atoms. The number of ether oxygens (including phenoxy) is 2. The first-order chi connectivity index (χ1) is 16.1. The van der Waals surface area contributed by atoms with Crippen LogP contribution in [0.4, 0.5) is 5.95 Å². The fourth-order valence-electron chi connectivity index (χ4n) is 2.39. The summed E-state index contributed by atoms with van der Waals surface area (Å²) >= 11 is 0. The van der Waals surface area contributed by atoms with Gasteiger partial charge in [0.1, 0.15) is 0 Å². The second-order valence-corrected chi connectivity index (χ2v) is 11.7. The van der Waals surface area contributed by atoms with Gasteiger partial charge < -0.3 is 19.8 Å². The molecule has 3 N–H and O–H groups in total. The molecule has 0 radical (unpaired) electrons. The minimum absolute atomic E-state index is 0.0471. The molecule has 14 heteroatoms. The number of anilines is 1. The Labute approximate surface area is 202 Å². The standard InChI is InChI=1S/C21H32N5O8P/c1-20(2,3)17(28)31-12-33-35(30,34-13-32-18(29)21(4,5)6)10-8-7-9-26-11-23-14-15(26)24-19(22)25-16(14)27/h7-8,11H,9-10,12-13H2,1-6H3,(H3,22,24,25,27)/b8-7+. The zero-order valence-electron chi connectivity index (χ0n) is 20.7. The maximum absolute atomic E-state index is 13.2. The van der Waals surface area contributed by atoms with Crippen molar-refractivity contribution in [3.8, 4) is 0 Å². The SMILES string of the molecule is CC(C)(C)C(=O)OCOP(=O)(C/C=C/Cn1cnc2c(=O)[nH]c(N)nc21)OCOC(=O)C(C)(C)C. The van der Waals surface area contributed by atoms with Crippen molar-refractivity contribution >= 4 is 36.6 Å². The molecule has 0 fully saturated rings. The molecule has 0 aliphatic heterocycles. The van der Waals surface area contributed by atoms with Crippen LogP contribution in [-0.2, 0) is 39.2 Å². The summed E-state index contributed by atoms with van der Waals surface area (Å²) in [5.74, 6) is -1.14. The molecule has 0 aromatic carbocycles. The third-order valence-corrected chi connectivity index (χ3v) is 6.05. The minimum Gasteiger partial charge on any atom is -0.438 e. The maximum Gasteiger partial charge on any atom is 0.340 e. The van der Waals surface area contributed by atoms with Gasteiger partial charge in [-0.25, -0.2) is 4.98 Å². The molecule has 0 spiro atoms. The number of fused-ring (bicyclic) bond motifs is 1. The number of hydrogen-bond acceptors (Lipinski definition) is 11. The number of hydrogen-bond donors (Lipinski definition) is 2. The topological polar surface area (TPSA) is 178 Å². The van der Waals surface area contributed by atoms with E-state index in [0.29, 0.717) is 0 Å². The molecule has 2 aromatic heterocycles. The van der Waals surface area contributed by atoms with E-state index in [0.717, 1.165) is 0 Å². The van der Waals surface area contributed by atoms with Gasteiger partial charge in [-0.2, -0.15) is 4.98 Å². The van der Waals surface area contributed by atoms with Crippen LogP contribution in [0, 0.1) is 10.8 Å². The Bertz CT molecular complexity index is 1150. The molecule has 0 atom stereocenters. The van der Waals surface area contributed by atoms with Crippen molar-refractivity contribution in [3.63, 3.8) is 0 Å². The summed E-state index contributed by atoms with van der Waals surface area (Å²) in [5, 5.41) is 0. The molecule has 2 aromatic rings. The second kappa shape index (κ2) is 11.1. The zero-order chi connectivity index (χ0) is 26.4. The van der Waals surface area contributed by atoms with Gasteiger partial charge in [0.2, 0.25) is 19.5 Å². The predicted molar refractivity (Wildman–Crippen MR) is 127 cm³/mol. The number of aromatic amines is 1. The fraction of sp³-hybridized carbons (Fsp3) is 0.571. The molecule has 35 heavy (non-hydrogen) atoms. The van der Waals surface area contributed by atoms with Gasteiger partial charge in [-0.1, -0.05) is 12.2 Å². The van der Waals surface area contributed by atoms with Gasteiger partial charge in [-0.15, -0.1) is 0 Å². The molecule has 0 aliphatic carbocycles. The van der Waals surface area contributed by atoms with Crippen LogP contribution in [0.25, 0.3) is 11.2 Å². The summed E-state index contributed by atoms with van der Waals surface area (Å²) in [6.45, 7) is 8.99. The number of H-pyrrole nitrogens is 1. The largest absolute Gasteiger partial charge is 0.438 e. The molecule has 2 heterocycles. The van der Waals surface area contributed by atoms with Gasteiger partial charge in [0.05, 0.1) is 23.3 Å². The third kappa shape index (κ3) is 8.30. The number of nitrogens with two attached hydrogens (primary N) is 1. The lowest BCUT2D eigenvalue weighted by molar-refractivity contribution is -0.161. The van der Waals surface area contributed by atoms with Crippen LogP contribution in [0.1, 0.15) is 41.5 Å². The lowest BCUT2D eigenvalue weighted by Gasteiger charge is -2.21. The van der Waals surface area contributed by atoms with E-state index in [4.69, 9.17) is 24.3 Å². The Kier molecular flexibility index (Phi) is 8.99. The summed E-state index contributed by atoms with van der Waals surface area (Å²) in [4.78, 5) is 46.2. The summed E-state index contributed by atoms with van der Waals surface area (Å²) < 4.78 is 35.3. The lowest BCUT2D eigenvalue weighted by atomic mass is 9.98. The van der Waals surface area contributed by atoms with Crippen LogP contribution in [0.2, 0.25) is 0 Å². The highest BCUT2D eigenvalue weighted by Crippen LogP contribution is 2.48. The van der Waals surface area contributed by atoms with E-state index in [1.165, 1.54) is 12.4 Å². The predicted octanol–water partition coefficient (Wildman–Crippen LogP) is 2.58. The number of rotatable bonds is 10. The highest BCUT2D eigenvalue weighted by molar-refractivity contribution is 7.54. The highest BCUT2D eigenvalue weighted by Gasteiger charge is 2.29. The van der Waals surface area contributed by atoms with E-state index in [2.05, 4.69) is 15.0 Å². The van der Waals surface area contributed by atoms with Crippen LogP contribution in [0.5, 0.6) is 0 Å². The van der Waals surface area contributed by atoms with Crippen LogP contribution in [-0.4, -0.2) is 51.2 Å². The molecule has 13 nitrogen and oxygen atoms in total. The smallest absolute Gasteiger partial charge is 0.340 e. The van der Waals surface area contributed by atoms with Gasteiger partial charge in [-0.3, -0.25) is 33.0 Å². The summed E-state index contributed by atoms with van der Waals surface area (Å²) in [6.07, 6.45) is 4.35. The minimum atomic E-state index is -3.86.